The van der Waals surface area contributed by atoms with E-state index in [1.165, 1.54) is 11.3 Å². The van der Waals surface area contributed by atoms with Crippen LogP contribution in [0.1, 0.15) is 16.0 Å². The smallest absolute Gasteiger partial charge is 0.240 e. The number of hydrogen-bond donors (Lipinski definition) is 2. The molecule has 0 unspecified atom stereocenters. The van der Waals surface area contributed by atoms with Gasteiger partial charge in [0.05, 0.1) is 11.3 Å². The Bertz CT molecular complexity index is 769. The third-order valence-corrected chi connectivity index (χ3v) is 5.77. The molecule has 0 aliphatic heterocycles. The molecule has 7 heteroatoms. The van der Waals surface area contributed by atoms with E-state index >= 15 is 0 Å². The monoisotopic (exact) mass is 352 g/mol. The molecule has 1 heterocycles. The number of benzene rings is 1. The molecule has 0 bridgehead atoms. The van der Waals surface area contributed by atoms with Crippen LogP contribution < -0.4 is 10.0 Å². The van der Waals surface area contributed by atoms with E-state index in [1.807, 2.05) is 30.5 Å². The summed E-state index contributed by atoms with van der Waals surface area (Å²) in [6.07, 6.45) is 0.321. The van der Waals surface area contributed by atoms with Crippen molar-refractivity contribution in [2.45, 2.75) is 25.2 Å². The minimum atomic E-state index is -3.55. The molecular weight excluding hydrogens is 332 g/mol. The van der Waals surface area contributed by atoms with E-state index in [2.05, 4.69) is 10.0 Å². The average molecular weight is 352 g/mol. The van der Waals surface area contributed by atoms with Gasteiger partial charge in [0.15, 0.2) is 0 Å². The van der Waals surface area contributed by atoms with Gasteiger partial charge >= 0.3 is 0 Å². The van der Waals surface area contributed by atoms with Crippen LogP contribution in [0.4, 0.5) is 0 Å². The molecule has 0 saturated carbocycles. The highest BCUT2D eigenvalue weighted by molar-refractivity contribution is 7.89. The number of nitrogens with one attached hydrogen (secondary N) is 2. The van der Waals surface area contributed by atoms with Crippen molar-refractivity contribution in [1.29, 1.82) is 0 Å². The summed E-state index contributed by atoms with van der Waals surface area (Å²) in [5, 5.41) is 4.63. The highest BCUT2D eigenvalue weighted by Crippen LogP contribution is 2.15. The van der Waals surface area contributed by atoms with Crippen LogP contribution in [0.15, 0.2) is 40.6 Å². The van der Waals surface area contributed by atoms with Crippen LogP contribution in [0.25, 0.3) is 0 Å². The molecule has 2 aromatic rings. The van der Waals surface area contributed by atoms with Crippen LogP contribution in [0.5, 0.6) is 0 Å². The summed E-state index contributed by atoms with van der Waals surface area (Å²) in [6.45, 7) is 4.10. The normalized spacial score (nSPS) is 11.4. The number of carbonyl (C=O) groups excluding carboxylic acids is 1. The third-order valence-electron chi connectivity index (χ3n) is 3.27. The summed E-state index contributed by atoms with van der Waals surface area (Å²) in [6, 6.07) is 8.99. The highest BCUT2D eigenvalue weighted by atomic mass is 32.2. The molecule has 124 valence electrons. The van der Waals surface area contributed by atoms with Crippen molar-refractivity contribution < 1.29 is 13.2 Å². The van der Waals surface area contributed by atoms with Gasteiger partial charge in [0.2, 0.25) is 15.9 Å². The fraction of sp³-hybridized carbons (Fsp3) is 0.312. The third kappa shape index (κ3) is 5.16. The number of thiophene rings is 1. The van der Waals surface area contributed by atoms with Crippen LogP contribution in [0, 0.1) is 13.8 Å². The number of hydrogen-bond acceptors (Lipinski definition) is 4. The molecule has 0 radical (unpaired) electrons. The Hall–Kier alpha value is -1.70. The quantitative estimate of drug-likeness (QED) is 0.749. The molecule has 1 aromatic carbocycles. The SMILES string of the molecule is Cc1ccc(S(=O)(=O)NCCNC(=O)Cc2cccs2)c(C)c1. The molecule has 5 nitrogen and oxygen atoms in total. The number of sulfonamides is 1. The topological polar surface area (TPSA) is 75.3 Å². The lowest BCUT2D eigenvalue weighted by molar-refractivity contribution is -0.120. The van der Waals surface area contributed by atoms with Gasteiger partial charge in [0, 0.05) is 18.0 Å². The summed E-state index contributed by atoms with van der Waals surface area (Å²) in [4.78, 5) is 13.0. The van der Waals surface area contributed by atoms with Gasteiger partial charge in [-0.05, 0) is 36.9 Å². The van der Waals surface area contributed by atoms with E-state index < -0.39 is 10.0 Å². The van der Waals surface area contributed by atoms with Gasteiger partial charge in [-0.25, -0.2) is 13.1 Å². The summed E-state index contributed by atoms with van der Waals surface area (Å²) < 4.78 is 27.0. The Balaban J connectivity index is 1.82. The van der Waals surface area contributed by atoms with Gasteiger partial charge < -0.3 is 5.32 Å². The van der Waals surface area contributed by atoms with Crippen LogP contribution in [-0.2, 0) is 21.2 Å². The fourth-order valence-electron chi connectivity index (χ4n) is 2.20. The second kappa shape index (κ2) is 7.72. The zero-order chi connectivity index (χ0) is 16.9. The minimum absolute atomic E-state index is 0.113. The zero-order valence-corrected chi connectivity index (χ0v) is 14.8. The predicted molar refractivity (Wildman–Crippen MR) is 92.1 cm³/mol. The molecule has 23 heavy (non-hydrogen) atoms. The van der Waals surface area contributed by atoms with Crippen molar-refractivity contribution in [2.24, 2.45) is 0 Å². The highest BCUT2D eigenvalue weighted by Gasteiger charge is 2.16. The van der Waals surface area contributed by atoms with E-state index in [-0.39, 0.29) is 23.9 Å². The Morgan fingerprint density at radius 3 is 2.61 bits per heavy atom. The Morgan fingerprint density at radius 2 is 1.96 bits per heavy atom. The number of aryl methyl sites for hydroxylation is 2. The van der Waals surface area contributed by atoms with Gasteiger partial charge in [-0.15, -0.1) is 11.3 Å². The molecule has 2 N–H and O–H groups in total. The van der Waals surface area contributed by atoms with E-state index in [4.69, 9.17) is 0 Å². The Morgan fingerprint density at radius 1 is 1.17 bits per heavy atom. The second-order valence-electron chi connectivity index (χ2n) is 5.27. The standard InChI is InChI=1S/C16H20N2O3S2/c1-12-5-6-15(13(2)10-12)23(20,21)18-8-7-17-16(19)11-14-4-3-9-22-14/h3-6,9-10,18H,7-8,11H2,1-2H3,(H,17,19). The molecule has 0 saturated heterocycles. The van der Waals surface area contributed by atoms with Crippen molar-refractivity contribution in [3.8, 4) is 0 Å². The van der Waals surface area contributed by atoms with Crippen molar-refractivity contribution in [1.82, 2.24) is 10.0 Å². The average Bonchev–Trinajstić information content (AvgIpc) is 2.96. The molecule has 0 atom stereocenters. The van der Waals surface area contributed by atoms with Crippen molar-refractivity contribution in [2.75, 3.05) is 13.1 Å². The van der Waals surface area contributed by atoms with Gasteiger partial charge in [-0.2, -0.15) is 0 Å². The zero-order valence-electron chi connectivity index (χ0n) is 13.1. The van der Waals surface area contributed by atoms with E-state index in [1.54, 1.807) is 19.1 Å². The van der Waals surface area contributed by atoms with Gasteiger partial charge in [-0.3, -0.25) is 4.79 Å². The summed E-state index contributed by atoms with van der Waals surface area (Å²) in [7, 11) is -3.55. The molecule has 0 spiro atoms. The lowest BCUT2D eigenvalue weighted by Crippen LogP contribution is -2.35. The van der Waals surface area contributed by atoms with Gasteiger partial charge in [-0.1, -0.05) is 23.8 Å². The number of amides is 1. The van der Waals surface area contributed by atoms with Crippen LogP contribution in [0.2, 0.25) is 0 Å². The molecule has 0 fully saturated rings. The van der Waals surface area contributed by atoms with Crippen LogP contribution in [-0.4, -0.2) is 27.4 Å². The van der Waals surface area contributed by atoms with Crippen molar-refractivity contribution in [3.63, 3.8) is 0 Å². The maximum atomic E-state index is 12.2. The molecule has 1 amide bonds. The number of carbonyl (C=O) groups is 1. The fourth-order valence-corrected chi connectivity index (χ4v) is 4.16. The minimum Gasteiger partial charge on any atom is -0.354 e. The van der Waals surface area contributed by atoms with Crippen molar-refractivity contribution >= 4 is 27.3 Å². The van der Waals surface area contributed by atoms with Crippen LogP contribution >= 0.6 is 11.3 Å². The van der Waals surface area contributed by atoms with E-state index in [0.717, 1.165) is 10.4 Å². The van der Waals surface area contributed by atoms with Crippen molar-refractivity contribution in [3.05, 3.63) is 51.7 Å². The van der Waals surface area contributed by atoms with Crippen LogP contribution in [0.3, 0.4) is 0 Å². The van der Waals surface area contributed by atoms with Gasteiger partial charge in [0.25, 0.3) is 0 Å². The lowest BCUT2D eigenvalue weighted by Gasteiger charge is -2.10. The Kier molecular flexibility index (Phi) is 5.92. The molecule has 1 aromatic heterocycles. The summed E-state index contributed by atoms with van der Waals surface area (Å²) in [5.74, 6) is -0.113. The number of rotatable bonds is 7. The second-order valence-corrected chi connectivity index (χ2v) is 8.04. The predicted octanol–water partition coefficient (Wildman–Crippen LogP) is 2.00. The maximum Gasteiger partial charge on any atom is 0.240 e. The maximum absolute atomic E-state index is 12.2. The Labute approximate surface area is 140 Å². The largest absolute Gasteiger partial charge is 0.354 e. The van der Waals surface area contributed by atoms with E-state index in [9.17, 15) is 13.2 Å². The molecule has 0 aliphatic carbocycles. The molecule has 0 aliphatic rings. The summed E-state index contributed by atoms with van der Waals surface area (Å²) >= 11 is 1.52. The first-order valence-electron chi connectivity index (χ1n) is 7.24. The first-order chi connectivity index (χ1) is 10.9. The molecule has 2 rings (SSSR count). The first kappa shape index (κ1) is 17.7. The lowest BCUT2D eigenvalue weighted by atomic mass is 10.2. The molecular formula is C16H20N2O3S2. The van der Waals surface area contributed by atoms with E-state index in [0.29, 0.717) is 12.0 Å². The van der Waals surface area contributed by atoms with Gasteiger partial charge in [0.1, 0.15) is 0 Å². The summed E-state index contributed by atoms with van der Waals surface area (Å²) in [5.41, 5.74) is 1.72. The first-order valence-corrected chi connectivity index (χ1v) is 9.61.